The predicted octanol–water partition coefficient (Wildman–Crippen LogP) is 2.86. The number of nitrogens with one attached hydrogen (secondary N) is 3. The molecule has 2 aromatic rings. The number of benzene rings is 2. The summed E-state index contributed by atoms with van der Waals surface area (Å²) < 4.78 is 0. The first kappa shape index (κ1) is 20.9. The van der Waals surface area contributed by atoms with E-state index in [9.17, 15) is 14.7 Å². The largest absolute Gasteiger partial charge is 0.481 e. The monoisotopic (exact) mass is 385 g/mol. The van der Waals surface area contributed by atoms with Gasteiger partial charge in [0.05, 0.1) is 0 Å². The fourth-order valence-corrected chi connectivity index (χ4v) is 2.86. The van der Waals surface area contributed by atoms with Crippen molar-refractivity contribution < 1.29 is 25.0 Å². The second kappa shape index (κ2) is 9.01. The van der Waals surface area contributed by atoms with Crippen molar-refractivity contribution in [2.45, 2.75) is 32.7 Å². The van der Waals surface area contributed by atoms with Crippen molar-refractivity contribution in [1.82, 2.24) is 5.48 Å². The van der Waals surface area contributed by atoms with E-state index in [0.717, 1.165) is 11.1 Å². The number of hydrogen-bond acceptors (Lipinski definition) is 5. The van der Waals surface area contributed by atoms with Gasteiger partial charge >= 0.3 is 11.9 Å². The van der Waals surface area contributed by atoms with E-state index in [2.05, 4.69) is 5.32 Å². The third-order valence-electron chi connectivity index (χ3n) is 4.52. The first-order chi connectivity index (χ1) is 13.2. The molecule has 28 heavy (non-hydrogen) atoms. The molecule has 8 heteroatoms. The van der Waals surface area contributed by atoms with Crippen LogP contribution >= 0.6 is 0 Å². The summed E-state index contributed by atoms with van der Waals surface area (Å²) in [6.45, 7) is 3.77. The molecule has 148 valence electrons. The van der Waals surface area contributed by atoms with Crippen LogP contribution in [0, 0.1) is 19.3 Å². The lowest BCUT2D eigenvalue weighted by atomic mass is 9.92. The Kier molecular flexibility index (Phi) is 6.73. The summed E-state index contributed by atoms with van der Waals surface area (Å²) in [5, 5.41) is 38.0. The highest BCUT2D eigenvalue weighted by atomic mass is 16.5. The average molecular weight is 385 g/mol. The van der Waals surface area contributed by atoms with Crippen molar-refractivity contribution in [3.05, 3.63) is 64.2 Å². The number of carboxylic acid groups (broad SMARTS) is 2. The second-order valence-corrected chi connectivity index (χ2v) is 6.51. The molecule has 1 atom stereocenters. The number of rotatable bonds is 8. The molecule has 0 radical (unpaired) electrons. The van der Waals surface area contributed by atoms with E-state index in [-0.39, 0.29) is 18.7 Å². The summed E-state index contributed by atoms with van der Waals surface area (Å²) in [5.74, 6) is -2.21. The molecular formula is C20H23N3O5. The van der Waals surface area contributed by atoms with Gasteiger partial charge < -0.3 is 15.5 Å². The zero-order valence-electron chi connectivity index (χ0n) is 15.6. The van der Waals surface area contributed by atoms with Crippen LogP contribution in [-0.4, -0.2) is 33.2 Å². The number of carboxylic acids is 2. The molecule has 0 bridgehead atoms. The lowest BCUT2D eigenvalue weighted by molar-refractivity contribution is -0.138. The average Bonchev–Trinajstić information content (AvgIpc) is 2.66. The molecule has 6 N–H and O–H groups in total. The van der Waals surface area contributed by atoms with Gasteiger partial charge in [0.15, 0.2) is 6.04 Å². The Labute approximate surface area is 162 Å². The summed E-state index contributed by atoms with van der Waals surface area (Å²) in [6.07, 6.45) is 0.141. The van der Waals surface area contributed by atoms with Gasteiger partial charge in [0.25, 0.3) is 0 Å². The summed E-state index contributed by atoms with van der Waals surface area (Å²) in [4.78, 5) is 22.9. The molecule has 2 aromatic carbocycles. The Morgan fingerprint density at radius 2 is 1.68 bits per heavy atom. The first-order valence-corrected chi connectivity index (χ1v) is 8.63. The van der Waals surface area contributed by atoms with E-state index in [1.54, 1.807) is 35.8 Å². The molecule has 0 aliphatic heterocycles. The Bertz CT molecular complexity index is 893. The molecule has 0 fully saturated rings. The van der Waals surface area contributed by atoms with E-state index < -0.39 is 18.0 Å². The number of anilines is 1. The van der Waals surface area contributed by atoms with Gasteiger partial charge in [-0.15, -0.1) is 0 Å². The van der Waals surface area contributed by atoms with E-state index in [1.165, 1.54) is 0 Å². The number of hydroxylamine groups is 1. The molecule has 0 heterocycles. The maximum atomic E-state index is 12.0. The molecule has 0 aliphatic carbocycles. The van der Waals surface area contributed by atoms with E-state index in [0.29, 0.717) is 22.4 Å². The maximum absolute atomic E-state index is 12.0. The number of carbonyl (C=O) groups is 2. The number of hydrogen-bond donors (Lipinski definition) is 6. The van der Waals surface area contributed by atoms with Gasteiger partial charge in [-0.3, -0.25) is 20.9 Å². The maximum Gasteiger partial charge on any atom is 0.330 e. The molecule has 0 aliphatic rings. The van der Waals surface area contributed by atoms with Gasteiger partial charge in [-0.2, -0.15) is 0 Å². The van der Waals surface area contributed by atoms with E-state index in [1.807, 2.05) is 19.9 Å². The summed E-state index contributed by atoms with van der Waals surface area (Å²) >= 11 is 0. The smallest absolute Gasteiger partial charge is 0.330 e. The number of amidine groups is 1. The van der Waals surface area contributed by atoms with Crippen LogP contribution in [0.5, 0.6) is 0 Å². The normalized spacial score (nSPS) is 11.5. The first-order valence-electron chi connectivity index (χ1n) is 8.63. The lowest BCUT2D eigenvalue weighted by Crippen LogP contribution is -2.23. The van der Waals surface area contributed by atoms with Crippen molar-refractivity contribution in [2.24, 2.45) is 0 Å². The molecule has 0 saturated heterocycles. The van der Waals surface area contributed by atoms with Crippen LogP contribution in [0.25, 0.3) is 0 Å². The number of aliphatic carboxylic acids is 2. The molecule has 0 spiro atoms. The Balaban J connectivity index is 2.37. The second-order valence-electron chi connectivity index (χ2n) is 6.51. The molecule has 0 amide bonds. The molecule has 2 rings (SSSR count). The van der Waals surface area contributed by atoms with Gasteiger partial charge in [-0.25, -0.2) is 4.79 Å². The van der Waals surface area contributed by atoms with Crippen molar-refractivity contribution >= 4 is 23.5 Å². The number of aryl methyl sites for hydroxylation is 3. The van der Waals surface area contributed by atoms with Crippen LogP contribution in [0.3, 0.4) is 0 Å². The minimum Gasteiger partial charge on any atom is -0.481 e. The lowest BCUT2D eigenvalue weighted by Gasteiger charge is -2.21. The van der Waals surface area contributed by atoms with Gasteiger partial charge in [-0.1, -0.05) is 12.1 Å². The highest BCUT2D eigenvalue weighted by molar-refractivity contribution is 5.95. The van der Waals surface area contributed by atoms with Crippen LogP contribution in [0.1, 0.15) is 40.3 Å². The quantitative estimate of drug-likeness (QED) is 0.233. The minimum atomic E-state index is -1.09. The Morgan fingerprint density at radius 1 is 1.07 bits per heavy atom. The minimum absolute atomic E-state index is 0.0905. The molecular weight excluding hydrogens is 362 g/mol. The molecule has 0 saturated carbocycles. The van der Waals surface area contributed by atoms with Crippen molar-refractivity contribution in [1.29, 1.82) is 5.41 Å². The van der Waals surface area contributed by atoms with Crippen LogP contribution < -0.4 is 10.8 Å². The standard InChI is InChI=1S/C20H23N3O5/c1-11-9-14(5-8-17(24)25)16(10-12(11)2)18(20(26)27)22-15-6-3-13(4-7-15)19(21)23-28/h3-4,6-7,9-10,18,22,28H,5,8H2,1-2H3,(H2,21,23)(H,24,25)(H,26,27). The van der Waals surface area contributed by atoms with E-state index >= 15 is 0 Å². The van der Waals surface area contributed by atoms with Gasteiger partial charge in [-0.05, 0) is 66.8 Å². The summed E-state index contributed by atoms with van der Waals surface area (Å²) in [7, 11) is 0. The van der Waals surface area contributed by atoms with Gasteiger partial charge in [0, 0.05) is 17.7 Å². The predicted molar refractivity (Wildman–Crippen MR) is 104 cm³/mol. The van der Waals surface area contributed by atoms with Crippen LogP contribution in [0.15, 0.2) is 36.4 Å². The van der Waals surface area contributed by atoms with Crippen LogP contribution in [-0.2, 0) is 16.0 Å². The topological polar surface area (TPSA) is 143 Å². The van der Waals surface area contributed by atoms with Gasteiger partial charge in [0.2, 0.25) is 0 Å². The Morgan fingerprint density at radius 3 is 2.21 bits per heavy atom. The van der Waals surface area contributed by atoms with Crippen LogP contribution in [0.2, 0.25) is 0 Å². The summed E-state index contributed by atoms with van der Waals surface area (Å²) in [5.41, 5.74) is 5.78. The molecule has 8 nitrogen and oxygen atoms in total. The third-order valence-corrected chi connectivity index (χ3v) is 4.52. The Hall–Kier alpha value is -3.39. The highest BCUT2D eigenvalue weighted by Gasteiger charge is 2.24. The fraction of sp³-hybridized carbons (Fsp3) is 0.250. The van der Waals surface area contributed by atoms with Crippen molar-refractivity contribution in [3.63, 3.8) is 0 Å². The zero-order chi connectivity index (χ0) is 20.8. The van der Waals surface area contributed by atoms with Crippen molar-refractivity contribution in [2.75, 3.05) is 5.32 Å². The highest BCUT2D eigenvalue weighted by Crippen LogP contribution is 2.27. The summed E-state index contributed by atoms with van der Waals surface area (Å²) in [6, 6.07) is 8.89. The van der Waals surface area contributed by atoms with Gasteiger partial charge in [0.1, 0.15) is 5.84 Å². The zero-order valence-corrected chi connectivity index (χ0v) is 15.6. The third kappa shape index (κ3) is 5.08. The molecule has 0 aromatic heterocycles. The van der Waals surface area contributed by atoms with Crippen molar-refractivity contribution in [3.8, 4) is 0 Å². The van der Waals surface area contributed by atoms with E-state index in [4.69, 9.17) is 15.7 Å². The molecule has 1 unspecified atom stereocenters. The SMILES string of the molecule is Cc1cc(CCC(=O)O)c(C(Nc2ccc(C(=N)NO)cc2)C(=O)O)cc1C. The fourth-order valence-electron chi connectivity index (χ4n) is 2.86. The van der Waals surface area contributed by atoms with Crippen LogP contribution in [0.4, 0.5) is 5.69 Å².